The summed E-state index contributed by atoms with van der Waals surface area (Å²) in [6.07, 6.45) is 0. The number of ketones is 2. The fourth-order valence-corrected chi connectivity index (χ4v) is 3.31. The van der Waals surface area contributed by atoms with E-state index in [9.17, 15) is 22.6 Å². The van der Waals surface area contributed by atoms with Gasteiger partial charge in [0.15, 0.2) is 0 Å². The van der Waals surface area contributed by atoms with Gasteiger partial charge >= 0.3 is 29.6 Å². The van der Waals surface area contributed by atoms with Gasteiger partial charge in [0.2, 0.25) is 22.0 Å². The second-order valence-electron chi connectivity index (χ2n) is 5.49. The zero-order valence-electron chi connectivity index (χ0n) is 15.7. The summed E-state index contributed by atoms with van der Waals surface area (Å²) in [5.74, 6) is -0.461. The molecular weight excluding hydrogens is 525 g/mol. The van der Waals surface area contributed by atoms with Crippen LogP contribution in [0.5, 0.6) is 5.75 Å². The third-order valence-electron chi connectivity index (χ3n) is 3.47. The summed E-state index contributed by atoms with van der Waals surface area (Å²) in [5.41, 5.74) is 0.624. The maximum Gasteiger partial charge on any atom is 1.00 e. The van der Waals surface area contributed by atoms with Crippen LogP contribution in [0.4, 0.5) is 0 Å². The van der Waals surface area contributed by atoms with Crippen LogP contribution in [0.15, 0.2) is 52.5 Å². The Labute approximate surface area is 220 Å². The van der Waals surface area contributed by atoms with Crippen molar-refractivity contribution >= 4 is 68.4 Å². The molecule has 0 aromatic heterocycles. The minimum atomic E-state index is -4.68. The smallest absolute Gasteiger partial charge is 0.726 e. The van der Waals surface area contributed by atoms with Crippen LogP contribution < -0.4 is 34.3 Å². The Bertz CT molecular complexity index is 1080. The number of benzene rings is 2. The number of ether oxygens (including phenoxy) is 1. The first kappa shape index (κ1) is 28.4. The summed E-state index contributed by atoms with van der Waals surface area (Å²) in [4.78, 5) is 23.1. The molecule has 0 radical (unpaired) electrons. The van der Waals surface area contributed by atoms with Crippen molar-refractivity contribution in [3.8, 4) is 5.75 Å². The fourth-order valence-electron chi connectivity index (χ4n) is 2.19. The first-order valence-corrected chi connectivity index (χ1v) is 10.8. The molecule has 2 aromatic rings. The molecule has 31 heavy (non-hydrogen) atoms. The van der Waals surface area contributed by atoms with Crippen molar-refractivity contribution in [1.82, 2.24) is 0 Å². The Kier molecular flexibility index (Phi) is 11.5. The van der Waals surface area contributed by atoms with Gasteiger partial charge in [-0.15, -0.1) is 0 Å². The molecule has 7 nitrogen and oxygen atoms in total. The molecule has 0 fully saturated rings. The minimum absolute atomic E-state index is 0. The molecule has 0 heterocycles. The number of carbonyl (C=O) groups excluding carboxylic acids is 2. The van der Waals surface area contributed by atoms with Gasteiger partial charge < -0.3 is 9.29 Å². The first-order valence-electron chi connectivity index (χ1n) is 7.93. The van der Waals surface area contributed by atoms with Crippen LogP contribution in [0.1, 0.15) is 20.7 Å². The molecule has 2 aromatic carbocycles. The molecule has 0 aliphatic heterocycles. The zero-order valence-corrected chi connectivity index (χ0v) is 21.6. The summed E-state index contributed by atoms with van der Waals surface area (Å²) >= 11 is 22.7. The molecule has 0 amide bonds. The molecule has 0 N–H and O–H groups in total. The van der Waals surface area contributed by atoms with Crippen LogP contribution in [0.3, 0.4) is 0 Å². The maximum atomic E-state index is 11.5. The monoisotopic (exact) mass is 534 g/mol. The van der Waals surface area contributed by atoms with Gasteiger partial charge in [-0.3, -0.25) is 13.8 Å². The Morgan fingerprint density at radius 1 is 0.839 bits per heavy atom. The Balaban J connectivity index is 0.000000302. The van der Waals surface area contributed by atoms with Crippen molar-refractivity contribution in [3.63, 3.8) is 0 Å². The average Bonchev–Trinajstić information content (AvgIpc) is 2.69. The number of halogens is 4. The van der Waals surface area contributed by atoms with Crippen LogP contribution in [0.25, 0.3) is 0 Å². The van der Waals surface area contributed by atoms with Crippen LogP contribution in [-0.2, 0) is 14.6 Å². The van der Waals surface area contributed by atoms with E-state index < -0.39 is 22.0 Å². The number of hydrogen-bond acceptors (Lipinski definition) is 7. The van der Waals surface area contributed by atoms with Crippen LogP contribution in [-0.4, -0.2) is 37.8 Å². The van der Waals surface area contributed by atoms with E-state index in [-0.39, 0.29) is 57.9 Å². The molecule has 0 saturated heterocycles. The third-order valence-corrected chi connectivity index (χ3v) is 5.27. The SMILES string of the molecule is O=C1C(Cl)=C(Cl)C(=O)c2ccccc21.O=S(=O)([O-])OCCOc1ccc(Cl)cc1Cl.[Na+]. The van der Waals surface area contributed by atoms with E-state index in [0.29, 0.717) is 21.9 Å². The summed E-state index contributed by atoms with van der Waals surface area (Å²) < 4.78 is 39.2. The van der Waals surface area contributed by atoms with Gasteiger partial charge in [-0.2, -0.15) is 0 Å². The van der Waals surface area contributed by atoms with Crippen LogP contribution in [0, 0.1) is 0 Å². The van der Waals surface area contributed by atoms with Crippen LogP contribution >= 0.6 is 46.4 Å². The zero-order chi connectivity index (χ0) is 22.5. The molecule has 0 atom stereocenters. The summed E-state index contributed by atoms with van der Waals surface area (Å²) in [5, 5.41) is 0.346. The predicted octanol–water partition coefficient (Wildman–Crippen LogP) is 1.61. The summed E-state index contributed by atoms with van der Waals surface area (Å²) in [6, 6.07) is 11.0. The molecule has 13 heteroatoms. The topological polar surface area (TPSA) is 110 Å². The Hall–Kier alpha value is -0.650. The van der Waals surface area contributed by atoms with Gasteiger partial charge in [-0.05, 0) is 18.2 Å². The van der Waals surface area contributed by atoms with Crippen molar-refractivity contribution in [2.24, 2.45) is 0 Å². The van der Waals surface area contributed by atoms with Crippen molar-refractivity contribution in [1.29, 1.82) is 0 Å². The van der Waals surface area contributed by atoms with Crippen molar-refractivity contribution in [3.05, 3.63) is 73.7 Å². The van der Waals surface area contributed by atoms with Crippen molar-refractivity contribution in [2.45, 2.75) is 0 Å². The van der Waals surface area contributed by atoms with Crippen molar-refractivity contribution in [2.75, 3.05) is 13.2 Å². The van der Waals surface area contributed by atoms with E-state index in [2.05, 4.69) is 4.18 Å². The number of rotatable bonds is 5. The second-order valence-corrected chi connectivity index (χ2v) is 8.14. The number of allylic oxidation sites excluding steroid dienone is 2. The predicted molar refractivity (Wildman–Crippen MR) is 111 cm³/mol. The first-order chi connectivity index (χ1) is 14.0. The molecule has 0 spiro atoms. The van der Waals surface area contributed by atoms with Gasteiger partial charge in [0.1, 0.15) is 22.4 Å². The molecule has 160 valence electrons. The molecular formula is C18H11Cl4NaO7S. The van der Waals surface area contributed by atoms with E-state index >= 15 is 0 Å². The average molecular weight is 536 g/mol. The van der Waals surface area contributed by atoms with E-state index in [4.69, 9.17) is 51.1 Å². The van der Waals surface area contributed by atoms with E-state index in [1.165, 1.54) is 12.1 Å². The van der Waals surface area contributed by atoms with Crippen LogP contribution in [0.2, 0.25) is 10.0 Å². The minimum Gasteiger partial charge on any atom is -0.726 e. The molecule has 0 saturated carbocycles. The second kappa shape index (κ2) is 12.6. The molecule has 0 bridgehead atoms. The maximum absolute atomic E-state index is 11.5. The van der Waals surface area contributed by atoms with Gasteiger partial charge in [0, 0.05) is 16.1 Å². The molecule has 1 aliphatic rings. The van der Waals surface area contributed by atoms with E-state index in [1.54, 1.807) is 30.3 Å². The van der Waals surface area contributed by atoms with Gasteiger partial charge in [-0.1, -0.05) is 70.7 Å². The molecule has 1 aliphatic carbocycles. The number of carbonyl (C=O) groups is 2. The van der Waals surface area contributed by atoms with Gasteiger partial charge in [0.25, 0.3) is 0 Å². The van der Waals surface area contributed by atoms with E-state index in [0.717, 1.165) is 0 Å². The van der Waals surface area contributed by atoms with Crippen molar-refractivity contribution < 1.29 is 61.0 Å². The molecule has 3 rings (SSSR count). The third kappa shape index (κ3) is 8.33. The van der Waals surface area contributed by atoms with Gasteiger partial charge in [0.05, 0.1) is 11.6 Å². The Morgan fingerprint density at radius 3 is 1.81 bits per heavy atom. The van der Waals surface area contributed by atoms with E-state index in [1.807, 2.05) is 0 Å². The van der Waals surface area contributed by atoms with Gasteiger partial charge in [-0.25, -0.2) is 8.42 Å². The Morgan fingerprint density at radius 2 is 1.35 bits per heavy atom. The number of hydrogen-bond donors (Lipinski definition) is 0. The number of Topliss-reactive ketones (excluding diaryl/α,β-unsaturated/α-hetero) is 2. The standard InChI is InChI=1S/C10H4Cl2O2.C8H8Cl2O5S.Na/c11-7-8(12)10(14)6-4-2-1-3-5(6)9(7)13;9-6-1-2-8(7(10)5-6)14-3-4-15-16(11,12)13;/h1-4H;1-2,5H,3-4H2,(H,11,12,13);/q;;+1/p-1. The fraction of sp³-hybridized carbons (Fsp3) is 0.111. The summed E-state index contributed by atoms with van der Waals surface area (Å²) in [6.45, 7) is -0.479. The molecule has 0 unspecified atom stereocenters. The quantitative estimate of drug-likeness (QED) is 0.247. The summed E-state index contributed by atoms with van der Waals surface area (Å²) in [7, 11) is -4.68. The largest absolute Gasteiger partial charge is 1.00 e. The number of fused-ring (bicyclic) bond motifs is 1. The normalized spacial score (nSPS) is 13.1.